The molecule has 1 aromatic carbocycles. The molecule has 1 atom stereocenters. The summed E-state index contributed by atoms with van der Waals surface area (Å²) in [6, 6.07) is 9.14. The van der Waals surface area contributed by atoms with Crippen LogP contribution < -0.4 is 0 Å². The van der Waals surface area contributed by atoms with Crippen LogP contribution in [0.5, 0.6) is 0 Å². The minimum atomic E-state index is -0.190. The van der Waals surface area contributed by atoms with E-state index in [1.165, 1.54) is 6.92 Å². The van der Waals surface area contributed by atoms with Gasteiger partial charge in [0.15, 0.2) is 5.25 Å². The number of carbonyl (C=O) groups excluding carboxylic acids is 2. The Morgan fingerprint density at radius 1 is 1.27 bits per heavy atom. The highest BCUT2D eigenvalue weighted by atomic mass is 32.2. The second-order valence-corrected chi connectivity index (χ2v) is 4.55. The summed E-state index contributed by atoms with van der Waals surface area (Å²) in [6.07, 6.45) is 2.25. The van der Waals surface area contributed by atoms with Crippen LogP contribution in [0.4, 0.5) is 0 Å². The number of carbonyl (C=O) groups is 2. The van der Waals surface area contributed by atoms with E-state index < -0.39 is 0 Å². The molecule has 0 N–H and O–H groups in total. The quantitative estimate of drug-likeness (QED) is 0.432. The predicted octanol–water partition coefficient (Wildman–Crippen LogP) is 1.66. The lowest BCUT2D eigenvalue weighted by Crippen LogP contribution is -2.24. The van der Waals surface area contributed by atoms with Crippen LogP contribution in [0.2, 0.25) is 0 Å². The number of hydrogen-bond acceptors (Lipinski definition) is 2. The Bertz CT molecular complexity index is 346. The van der Waals surface area contributed by atoms with Crippen molar-refractivity contribution in [3.05, 3.63) is 35.9 Å². The van der Waals surface area contributed by atoms with E-state index in [9.17, 15) is 9.59 Å². The predicted molar refractivity (Wildman–Crippen MR) is 64.5 cm³/mol. The Labute approximate surface area is 94.1 Å². The standard InChI is InChI=1S/C12H14O2S/c1-9(13)8-11(15-2)12(14)10-6-4-3-5-7-10/h3-7,11H,8H2,1-2H3/p+1. The molecule has 0 bridgehead atoms. The third-order valence-corrected chi connectivity index (χ3v) is 3.19. The maximum absolute atomic E-state index is 12.0. The summed E-state index contributed by atoms with van der Waals surface area (Å²) >= 11 is 0.954. The number of rotatable bonds is 5. The van der Waals surface area contributed by atoms with Crippen LogP contribution >= 0.6 is 0 Å². The molecule has 0 aromatic heterocycles. The van der Waals surface area contributed by atoms with Gasteiger partial charge in [0.05, 0.1) is 12.7 Å². The first kappa shape index (κ1) is 12.0. The highest BCUT2D eigenvalue weighted by molar-refractivity contribution is 7.79. The molecule has 15 heavy (non-hydrogen) atoms. The first-order valence-electron chi connectivity index (χ1n) is 4.82. The first-order chi connectivity index (χ1) is 7.15. The lowest BCUT2D eigenvalue weighted by atomic mass is 10.1. The van der Waals surface area contributed by atoms with Crippen LogP contribution in [0.1, 0.15) is 23.7 Å². The molecule has 0 saturated heterocycles. The summed E-state index contributed by atoms with van der Waals surface area (Å²) in [5.41, 5.74) is 0.693. The molecule has 0 heterocycles. The zero-order valence-electron chi connectivity index (χ0n) is 8.93. The highest BCUT2D eigenvalue weighted by Crippen LogP contribution is 2.09. The molecule has 0 saturated carbocycles. The zero-order chi connectivity index (χ0) is 11.3. The highest BCUT2D eigenvalue weighted by Gasteiger charge is 2.25. The van der Waals surface area contributed by atoms with Crippen LogP contribution in [0.15, 0.2) is 30.3 Å². The molecule has 1 rings (SSSR count). The maximum atomic E-state index is 12.0. The van der Waals surface area contributed by atoms with Gasteiger partial charge in [-0.15, -0.1) is 0 Å². The topological polar surface area (TPSA) is 34.1 Å². The summed E-state index contributed by atoms with van der Waals surface area (Å²) in [5, 5.41) is -0.190. The maximum Gasteiger partial charge on any atom is 0.215 e. The van der Waals surface area contributed by atoms with E-state index in [4.69, 9.17) is 0 Å². The van der Waals surface area contributed by atoms with Gasteiger partial charge in [0.25, 0.3) is 0 Å². The second kappa shape index (κ2) is 5.71. The lowest BCUT2D eigenvalue weighted by Gasteiger charge is -2.05. The molecular weight excluding hydrogens is 208 g/mol. The van der Waals surface area contributed by atoms with Gasteiger partial charge in [0.1, 0.15) is 5.78 Å². The van der Waals surface area contributed by atoms with Crippen molar-refractivity contribution in [2.45, 2.75) is 18.6 Å². The van der Waals surface area contributed by atoms with Gasteiger partial charge in [-0.1, -0.05) is 30.3 Å². The molecule has 1 aromatic rings. The molecule has 1 unspecified atom stereocenters. The van der Waals surface area contributed by atoms with Gasteiger partial charge >= 0.3 is 0 Å². The first-order valence-corrected chi connectivity index (χ1v) is 6.24. The van der Waals surface area contributed by atoms with Gasteiger partial charge in [0, 0.05) is 5.56 Å². The van der Waals surface area contributed by atoms with Gasteiger partial charge in [-0.25, -0.2) is 0 Å². The molecule has 0 spiro atoms. The Kier molecular flexibility index (Phi) is 4.56. The molecule has 0 aliphatic carbocycles. The van der Waals surface area contributed by atoms with Gasteiger partial charge in [0.2, 0.25) is 5.78 Å². The number of Topliss-reactive ketones (excluding diaryl/α,β-unsaturated/α-hetero) is 2. The van der Waals surface area contributed by atoms with E-state index >= 15 is 0 Å². The average molecular weight is 223 g/mol. The van der Waals surface area contributed by atoms with Crippen molar-refractivity contribution in [2.75, 3.05) is 6.26 Å². The smallest absolute Gasteiger partial charge is 0.215 e. The van der Waals surface area contributed by atoms with Crippen molar-refractivity contribution in [3.63, 3.8) is 0 Å². The van der Waals surface area contributed by atoms with Crippen LogP contribution in [0.25, 0.3) is 0 Å². The third-order valence-electron chi connectivity index (χ3n) is 2.15. The van der Waals surface area contributed by atoms with Crippen molar-refractivity contribution >= 4 is 23.3 Å². The number of hydrogen-bond donors (Lipinski definition) is 0. The molecule has 0 aliphatic rings. The van der Waals surface area contributed by atoms with E-state index in [0.29, 0.717) is 12.0 Å². The monoisotopic (exact) mass is 223 g/mol. The number of benzene rings is 1. The van der Waals surface area contributed by atoms with Crippen LogP contribution in [-0.2, 0) is 16.6 Å². The lowest BCUT2D eigenvalue weighted by molar-refractivity contribution is -0.116. The normalized spacial score (nSPS) is 12.1. The van der Waals surface area contributed by atoms with Gasteiger partial charge < -0.3 is 0 Å². The SMILES string of the molecule is C[SH+]C(CC(C)=O)C(=O)c1ccccc1. The Morgan fingerprint density at radius 3 is 2.33 bits per heavy atom. The molecule has 2 nitrogen and oxygen atoms in total. The van der Waals surface area contributed by atoms with Crippen molar-refractivity contribution < 1.29 is 9.59 Å². The van der Waals surface area contributed by atoms with Gasteiger partial charge in [-0.05, 0) is 18.7 Å². The van der Waals surface area contributed by atoms with Gasteiger partial charge in [-0.2, -0.15) is 0 Å². The van der Waals surface area contributed by atoms with Crippen LogP contribution in [0, 0.1) is 0 Å². The second-order valence-electron chi connectivity index (χ2n) is 3.41. The number of thiol groups is 1. The van der Waals surface area contributed by atoms with Gasteiger partial charge in [-0.3, -0.25) is 9.59 Å². The molecule has 3 heteroatoms. The Morgan fingerprint density at radius 2 is 1.87 bits per heavy atom. The number of ketones is 2. The molecule has 0 amide bonds. The summed E-state index contributed by atoms with van der Waals surface area (Å²) in [5.74, 6) is 0.133. The summed E-state index contributed by atoms with van der Waals surface area (Å²) < 4.78 is 0. The minimum Gasteiger partial charge on any atom is -0.300 e. The summed E-state index contributed by atoms with van der Waals surface area (Å²) in [7, 11) is 0. The third kappa shape index (κ3) is 3.51. The Hall–Kier alpha value is -1.09. The fourth-order valence-electron chi connectivity index (χ4n) is 1.37. The summed E-state index contributed by atoms with van der Waals surface area (Å²) in [6.45, 7) is 1.52. The fraction of sp³-hybridized carbons (Fsp3) is 0.333. The van der Waals surface area contributed by atoms with Crippen molar-refractivity contribution in [1.82, 2.24) is 0 Å². The molecular formula is C12H15O2S+. The van der Waals surface area contributed by atoms with E-state index in [2.05, 4.69) is 0 Å². The minimum absolute atomic E-state index is 0.0648. The average Bonchev–Trinajstić information content (AvgIpc) is 2.26. The van der Waals surface area contributed by atoms with Crippen molar-refractivity contribution in [3.8, 4) is 0 Å². The molecule has 0 radical (unpaired) electrons. The van der Waals surface area contributed by atoms with E-state index in [-0.39, 0.29) is 16.8 Å². The van der Waals surface area contributed by atoms with E-state index in [1.54, 1.807) is 12.1 Å². The Balaban J connectivity index is 2.78. The largest absolute Gasteiger partial charge is 0.300 e. The fourth-order valence-corrected chi connectivity index (χ4v) is 2.19. The summed E-state index contributed by atoms with van der Waals surface area (Å²) in [4.78, 5) is 22.9. The molecule has 0 fully saturated rings. The van der Waals surface area contributed by atoms with Crippen LogP contribution in [0.3, 0.4) is 0 Å². The van der Waals surface area contributed by atoms with E-state index in [0.717, 1.165) is 11.8 Å². The molecule has 80 valence electrons. The van der Waals surface area contributed by atoms with Crippen molar-refractivity contribution in [1.29, 1.82) is 0 Å². The van der Waals surface area contributed by atoms with E-state index in [1.807, 2.05) is 24.5 Å². The van der Waals surface area contributed by atoms with Crippen molar-refractivity contribution in [2.24, 2.45) is 0 Å². The van der Waals surface area contributed by atoms with Crippen LogP contribution in [-0.4, -0.2) is 23.1 Å². The zero-order valence-corrected chi connectivity index (χ0v) is 9.83. The molecule has 0 aliphatic heterocycles.